The highest BCUT2D eigenvalue weighted by Crippen LogP contribution is 2.02. The third-order valence-corrected chi connectivity index (χ3v) is 2.33. The van der Waals surface area contributed by atoms with Gasteiger partial charge in [-0.25, -0.2) is 0 Å². The smallest absolute Gasteiger partial charge is 0.303 e. The van der Waals surface area contributed by atoms with Gasteiger partial charge in [-0.3, -0.25) is 14.4 Å². The lowest BCUT2D eigenvalue weighted by atomic mass is 10.1. The van der Waals surface area contributed by atoms with E-state index in [-0.39, 0.29) is 12.8 Å². The first kappa shape index (κ1) is 13.7. The number of hydrogen-bond acceptors (Lipinski definition) is 3. The number of carbonyl (C=O) groups excluding carboxylic acids is 2. The molecule has 0 spiro atoms. The minimum Gasteiger partial charge on any atom is -0.481 e. The fraction of sp³-hybridized carbons (Fsp3) is 0.250. The molecule has 18 heavy (non-hydrogen) atoms. The van der Waals surface area contributed by atoms with Crippen LogP contribution in [-0.4, -0.2) is 28.9 Å². The second-order valence-corrected chi connectivity index (χ2v) is 3.73. The normalized spacial score (nSPS) is 11.6. The molecule has 1 rings (SSSR count). The molecule has 0 aliphatic rings. The first-order valence-corrected chi connectivity index (χ1v) is 5.37. The summed E-state index contributed by atoms with van der Waals surface area (Å²) in [7, 11) is 0. The minimum atomic E-state index is -1.05. The van der Waals surface area contributed by atoms with Crippen LogP contribution in [0.5, 0.6) is 0 Å². The maximum absolute atomic E-state index is 11.7. The van der Waals surface area contributed by atoms with Crippen molar-refractivity contribution in [3.63, 3.8) is 0 Å². The number of nitrogens with one attached hydrogen (secondary N) is 1. The zero-order valence-corrected chi connectivity index (χ0v) is 9.63. The Morgan fingerprint density at radius 2 is 1.83 bits per heavy atom. The molecule has 1 atom stereocenters. The molecule has 0 radical (unpaired) electrons. The van der Waals surface area contributed by atoms with E-state index in [1.807, 2.05) is 0 Å². The van der Waals surface area contributed by atoms with Crippen molar-refractivity contribution in [2.75, 3.05) is 0 Å². The zero-order chi connectivity index (χ0) is 13.5. The van der Waals surface area contributed by atoms with Gasteiger partial charge >= 0.3 is 5.97 Å². The number of aliphatic carboxylic acids is 1. The summed E-state index contributed by atoms with van der Waals surface area (Å²) in [4.78, 5) is 33.2. The number of carboxylic acid groups (broad SMARTS) is 1. The summed E-state index contributed by atoms with van der Waals surface area (Å²) in [5.41, 5.74) is 5.49. The van der Waals surface area contributed by atoms with E-state index in [1.54, 1.807) is 30.3 Å². The first-order valence-electron chi connectivity index (χ1n) is 5.37. The average molecular weight is 250 g/mol. The minimum absolute atomic E-state index is 0.0246. The molecule has 6 nitrogen and oxygen atoms in total. The van der Waals surface area contributed by atoms with Crippen molar-refractivity contribution in [2.45, 2.75) is 18.9 Å². The highest BCUT2D eigenvalue weighted by molar-refractivity contribution is 5.97. The van der Waals surface area contributed by atoms with Gasteiger partial charge < -0.3 is 16.2 Å². The SMILES string of the molecule is NC(=O)[C@H](CCC(=O)O)NC(=O)c1ccccc1. The van der Waals surface area contributed by atoms with Crippen molar-refractivity contribution in [2.24, 2.45) is 5.73 Å². The summed E-state index contributed by atoms with van der Waals surface area (Å²) in [6.45, 7) is 0. The van der Waals surface area contributed by atoms with E-state index in [1.165, 1.54) is 0 Å². The number of benzene rings is 1. The molecular weight excluding hydrogens is 236 g/mol. The van der Waals surface area contributed by atoms with Crippen molar-refractivity contribution in [3.8, 4) is 0 Å². The van der Waals surface area contributed by atoms with E-state index in [0.717, 1.165) is 0 Å². The van der Waals surface area contributed by atoms with Gasteiger partial charge in [0.25, 0.3) is 5.91 Å². The molecule has 0 fully saturated rings. The largest absolute Gasteiger partial charge is 0.481 e. The topological polar surface area (TPSA) is 109 Å². The van der Waals surface area contributed by atoms with E-state index in [0.29, 0.717) is 5.56 Å². The van der Waals surface area contributed by atoms with Crippen LogP contribution in [0.15, 0.2) is 30.3 Å². The number of primary amides is 1. The predicted molar refractivity (Wildman–Crippen MR) is 63.8 cm³/mol. The Kier molecular flexibility index (Phi) is 4.86. The lowest BCUT2D eigenvalue weighted by molar-refractivity contribution is -0.137. The molecule has 0 unspecified atom stereocenters. The van der Waals surface area contributed by atoms with Crippen LogP contribution in [-0.2, 0) is 9.59 Å². The van der Waals surface area contributed by atoms with Gasteiger partial charge in [-0.05, 0) is 18.6 Å². The third kappa shape index (κ3) is 4.25. The van der Waals surface area contributed by atoms with Crippen LogP contribution >= 0.6 is 0 Å². The van der Waals surface area contributed by atoms with Gasteiger partial charge in [-0.1, -0.05) is 18.2 Å². The Morgan fingerprint density at radius 3 is 2.33 bits per heavy atom. The number of carbonyl (C=O) groups is 3. The van der Waals surface area contributed by atoms with Gasteiger partial charge in [-0.2, -0.15) is 0 Å². The molecule has 4 N–H and O–H groups in total. The standard InChI is InChI=1S/C12H14N2O4/c13-11(17)9(6-7-10(15)16)14-12(18)8-4-2-1-3-5-8/h1-5,9H,6-7H2,(H2,13,17)(H,14,18)(H,15,16)/t9-/m0/s1. The van der Waals surface area contributed by atoms with Gasteiger partial charge in [-0.15, -0.1) is 0 Å². The number of hydrogen-bond donors (Lipinski definition) is 3. The summed E-state index contributed by atoms with van der Waals surface area (Å²) >= 11 is 0. The van der Waals surface area contributed by atoms with Gasteiger partial charge in [0.1, 0.15) is 6.04 Å². The average Bonchev–Trinajstić information content (AvgIpc) is 2.34. The van der Waals surface area contributed by atoms with Gasteiger partial charge in [0, 0.05) is 12.0 Å². The van der Waals surface area contributed by atoms with Crippen molar-refractivity contribution in [1.29, 1.82) is 0 Å². The van der Waals surface area contributed by atoms with Gasteiger partial charge in [0.2, 0.25) is 5.91 Å². The first-order chi connectivity index (χ1) is 8.50. The monoisotopic (exact) mass is 250 g/mol. The Hall–Kier alpha value is -2.37. The molecule has 0 heterocycles. The second kappa shape index (κ2) is 6.39. The van der Waals surface area contributed by atoms with E-state index >= 15 is 0 Å². The molecule has 0 aliphatic carbocycles. The predicted octanol–water partition coefficient (Wildman–Crippen LogP) is 0.135. The van der Waals surface area contributed by atoms with Crippen LogP contribution in [0.25, 0.3) is 0 Å². The molecule has 1 aromatic rings. The molecule has 0 saturated carbocycles. The van der Waals surface area contributed by atoms with Crippen molar-refractivity contribution in [1.82, 2.24) is 5.32 Å². The summed E-state index contributed by atoms with van der Waals surface area (Å²) in [5.74, 6) is -2.25. The second-order valence-electron chi connectivity index (χ2n) is 3.73. The lowest BCUT2D eigenvalue weighted by Gasteiger charge is -2.14. The maximum Gasteiger partial charge on any atom is 0.303 e. The van der Waals surface area contributed by atoms with E-state index in [2.05, 4.69) is 5.32 Å². The Bertz CT molecular complexity index is 445. The molecule has 0 aliphatic heterocycles. The quantitative estimate of drug-likeness (QED) is 0.666. The van der Waals surface area contributed by atoms with Crippen LogP contribution in [0, 0.1) is 0 Å². The van der Waals surface area contributed by atoms with Crippen LogP contribution in [0.1, 0.15) is 23.2 Å². The number of amides is 2. The molecule has 1 aromatic carbocycles. The Morgan fingerprint density at radius 1 is 1.22 bits per heavy atom. The van der Waals surface area contributed by atoms with E-state index in [4.69, 9.17) is 10.8 Å². The van der Waals surface area contributed by atoms with Crippen LogP contribution in [0.3, 0.4) is 0 Å². The third-order valence-electron chi connectivity index (χ3n) is 2.33. The highest BCUT2D eigenvalue weighted by Gasteiger charge is 2.19. The Balaban J connectivity index is 2.64. The molecule has 2 amide bonds. The summed E-state index contributed by atoms with van der Waals surface area (Å²) in [6.07, 6.45) is -0.258. The number of carboxylic acids is 1. The molecule has 0 aromatic heterocycles. The molecular formula is C12H14N2O4. The number of rotatable bonds is 6. The molecule has 96 valence electrons. The van der Waals surface area contributed by atoms with Gasteiger partial charge in [0.15, 0.2) is 0 Å². The highest BCUT2D eigenvalue weighted by atomic mass is 16.4. The fourth-order valence-corrected chi connectivity index (χ4v) is 1.38. The fourth-order valence-electron chi connectivity index (χ4n) is 1.38. The molecule has 0 saturated heterocycles. The van der Waals surface area contributed by atoms with Crippen molar-refractivity contribution in [3.05, 3.63) is 35.9 Å². The summed E-state index contributed by atoms with van der Waals surface area (Å²) in [6, 6.07) is 7.33. The maximum atomic E-state index is 11.7. The summed E-state index contributed by atoms with van der Waals surface area (Å²) < 4.78 is 0. The number of nitrogens with two attached hydrogens (primary N) is 1. The lowest BCUT2D eigenvalue weighted by Crippen LogP contribution is -2.44. The summed E-state index contributed by atoms with van der Waals surface area (Å²) in [5, 5.41) is 10.9. The van der Waals surface area contributed by atoms with E-state index < -0.39 is 23.8 Å². The van der Waals surface area contributed by atoms with Crippen LogP contribution < -0.4 is 11.1 Å². The van der Waals surface area contributed by atoms with Gasteiger partial charge in [0.05, 0.1) is 0 Å². The van der Waals surface area contributed by atoms with Crippen LogP contribution in [0.2, 0.25) is 0 Å². The zero-order valence-electron chi connectivity index (χ0n) is 9.63. The van der Waals surface area contributed by atoms with E-state index in [9.17, 15) is 14.4 Å². The van der Waals surface area contributed by atoms with Crippen molar-refractivity contribution < 1.29 is 19.5 Å². The molecule has 6 heteroatoms. The molecule has 0 bridgehead atoms. The van der Waals surface area contributed by atoms with Crippen LogP contribution in [0.4, 0.5) is 0 Å². The Labute approximate surface area is 104 Å². The van der Waals surface area contributed by atoms with Crippen molar-refractivity contribution >= 4 is 17.8 Å².